The zero-order valence-electron chi connectivity index (χ0n) is 21.5. The van der Waals surface area contributed by atoms with Gasteiger partial charge in [-0.1, -0.05) is 61.2 Å². The summed E-state index contributed by atoms with van der Waals surface area (Å²) in [4.78, 5) is 20.7. The molecule has 0 bridgehead atoms. The van der Waals surface area contributed by atoms with E-state index >= 15 is 0 Å². The summed E-state index contributed by atoms with van der Waals surface area (Å²) in [6.45, 7) is 7.06. The monoisotopic (exact) mass is 493 g/mol. The number of allylic oxidation sites excluding steroid dienone is 9. The molecule has 0 spiro atoms. The van der Waals surface area contributed by atoms with Gasteiger partial charge >= 0.3 is 5.97 Å². The number of hydrogen-bond acceptors (Lipinski definition) is 4. The summed E-state index contributed by atoms with van der Waals surface area (Å²) in [7, 11) is 0. The standard InChI is InChI=1S/C32H35N3O2/c1-3-8-26(19-34-18-23-9-5-4-6-10-23)30-21-35-20-27-17-31(33)22(2)28(11-7-12-29(27)30)24-13-15-25(16-14-24)32(36)37/h3-11,17,19,21,24-25,33H,1,12-16,18,20H2,2H3,(H,36,37)/b11-7+,26-8+,27-17-,28-22?,33-31?,34-19?. The van der Waals surface area contributed by atoms with Crippen LogP contribution in [0.5, 0.6) is 0 Å². The molecule has 1 heterocycles. The quantitative estimate of drug-likeness (QED) is 0.321. The average Bonchev–Trinajstić information content (AvgIpc) is 2.97. The number of rotatable bonds is 7. The lowest BCUT2D eigenvalue weighted by Gasteiger charge is -2.28. The van der Waals surface area contributed by atoms with Gasteiger partial charge in [0.25, 0.3) is 0 Å². The van der Waals surface area contributed by atoms with Crippen molar-refractivity contribution < 1.29 is 9.90 Å². The third-order valence-electron chi connectivity index (χ3n) is 7.44. The third-order valence-corrected chi connectivity index (χ3v) is 7.44. The van der Waals surface area contributed by atoms with Crippen molar-refractivity contribution in [2.75, 3.05) is 6.54 Å². The number of benzene rings is 1. The molecule has 0 atom stereocenters. The predicted octanol–water partition coefficient (Wildman–Crippen LogP) is 6.86. The Labute approximate surface area is 219 Å². The highest BCUT2D eigenvalue weighted by molar-refractivity contribution is 6.08. The van der Waals surface area contributed by atoms with Crippen molar-refractivity contribution >= 4 is 24.1 Å². The summed E-state index contributed by atoms with van der Waals surface area (Å²) in [5, 5.41) is 18.3. The molecule has 0 amide bonds. The molecule has 4 rings (SSSR count). The van der Waals surface area contributed by atoms with Gasteiger partial charge in [0.15, 0.2) is 0 Å². The van der Waals surface area contributed by atoms with Crippen molar-refractivity contribution in [3.8, 4) is 0 Å². The SMILES string of the molecule is C=C/C=C(\C=NCc1ccccc1)C1=C2C/C=C/C(C3CCC(C(=O)O)CC3)=C(C)C(=N)/C=C\2CN=C1. The van der Waals surface area contributed by atoms with Crippen LogP contribution in [0, 0.1) is 17.2 Å². The number of aliphatic carboxylic acids is 1. The highest BCUT2D eigenvalue weighted by Gasteiger charge is 2.28. The van der Waals surface area contributed by atoms with Crippen LogP contribution in [-0.2, 0) is 11.3 Å². The zero-order chi connectivity index (χ0) is 26.2. The smallest absolute Gasteiger partial charge is 0.306 e. The van der Waals surface area contributed by atoms with E-state index in [1.807, 2.05) is 49.7 Å². The number of carbonyl (C=O) groups is 1. The van der Waals surface area contributed by atoms with Gasteiger partial charge in [0.1, 0.15) is 0 Å². The minimum absolute atomic E-state index is 0.245. The number of aliphatic imine (C=N–C) groups is 2. The number of dihydropyridines is 1. The second-order valence-electron chi connectivity index (χ2n) is 9.83. The van der Waals surface area contributed by atoms with E-state index in [2.05, 4.69) is 40.8 Å². The molecule has 0 radical (unpaired) electrons. The molecule has 0 unspecified atom stereocenters. The highest BCUT2D eigenvalue weighted by Crippen LogP contribution is 2.37. The molecule has 1 fully saturated rings. The van der Waals surface area contributed by atoms with E-state index in [1.165, 1.54) is 5.57 Å². The molecule has 2 N–H and O–H groups in total. The fraction of sp³-hybridized carbons (Fsp3) is 0.312. The Morgan fingerprint density at radius 3 is 2.68 bits per heavy atom. The van der Waals surface area contributed by atoms with E-state index in [0.717, 1.165) is 52.7 Å². The van der Waals surface area contributed by atoms with Crippen LogP contribution < -0.4 is 0 Å². The van der Waals surface area contributed by atoms with Gasteiger partial charge in [-0.05, 0) is 78.9 Å². The van der Waals surface area contributed by atoms with Crippen LogP contribution in [0.25, 0.3) is 0 Å². The molecule has 37 heavy (non-hydrogen) atoms. The maximum Gasteiger partial charge on any atom is 0.306 e. The van der Waals surface area contributed by atoms with Gasteiger partial charge in [-0.15, -0.1) is 0 Å². The third kappa shape index (κ3) is 6.48. The number of carboxylic acid groups (broad SMARTS) is 1. The van der Waals surface area contributed by atoms with E-state index in [4.69, 9.17) is 5.41 Å². The van der Waals surface area contributed by atoms with Gasteiger partial charge in [0.2, 0.25) is 0 Å². The Hall–Kier alpha value is -3.86. The lowest BCUT2D eigenvalue weighted by Crippen LogP contribution is -2.22. The summed E-state index contributed by atoms with van der Waals surface area (Å²) in [5.41, 5.74) is 7.94. The predicted molar refractivity (Wildman–Crippen MR) is 153 cm³/mol. The van der Waals surface area contributed by atoms with Crippen molar-refractivity contribution in [2.45, 2.75) is 45.6 Å². The maximum atomic E-state index is 11.4. The van der Waals surface area contributed by atoms with E-state index in [0.29, 0.717) is 31.6 Å². The first-order valence-corrected chi connectivity index (χ1v) is 13.0. The van der Waals surface area contributed by atoms with Crippen LogP contribution in [0.1, 0.15) is 44.6 Å². The molecular formula is C32H35N3O2. The molecule has 1 aliphatic heterocycles. The first-order chi connectivity index (χ1) is 18.0. The fourth-order valence-corrected chi connectivity index (χ4v) is 5.33. The lowest BCUT2D eigenvalue weighted by molar-refractivity contribution is -0.142. The van der Waals surface area contributed by atoms with E-state index < -0.39 is 5.97 Å². The second-order valence-corrected chi connectivity index (χ2v) is 9.83. The van der Waals surface area contributed by atoms with Crippen LogP contribution >= 0.6 is 0 Å². The summed E-state index contributed by atoms with van der Waals surface area (Å²) in [6, 6.07) is 10.2. The van der Waals surface area contributed by atoms with E-state index in [1.54, 1.807) is 6.08 Å². The summed E-state index contributed by atoms with van der Waals surface area (Å²) < 4.78 is 0. The maximum absolute atomic E-state index is 11.4. The van der Waals surface area contributed by atoms with Crippen LogP contribution in [0.15, 0.2) is 111 Å². The molecule has 190 valence electrons. The van der Waals surface area contributed by atoms with Gasteiger partial charge in [-0.25, -0.2) is 0 Å². The van der Waals surface area contributed by atoms with Gasteiger partial charge < -0.3 is 10.5 Å². The van der Waals surface area contributed by atoms with Crippen molar-refractivity contribution in [3.63, 3.8) is 0 Å². The lowest BCUT2D eigenvalue weighted by atomic mass is 9.76. The van der Waals surface area contributed by atoms with Crippen LogP contribution in [0.2, 0.25) is 0 Å². The van der Waals surface area contributed by atoms with Crippen molar-refractivity contribution in [1.29, 1.82) is 5.41 Å². The Kier molecular flexibility index (Phi) is 8.78. The average molecular weight is 494 g/mol. The summed E-state index contributed by atoms with van der Waals surface area (Å²) in [5.74, 6) is -0.645. The first-order valence-electron chi connectivity index (χ1n) is 13.0. The van der Waals surface area contributed by atoms with E-state index in [-0.39, 0.29) is 11.8 Å². The molecule has 0 aromatic heterocycles. The second kappa shape index (κ2) is 12.4. The minimum atomic E-state index is -0.689. The Morgan fingerprint density at radius 2 is 1.97 bits per heavy atom. The number of fused-ring (bicyclic) bond motifs is 1. The Balaban J connectivity index is 1.62. The van der Waals surface area contributed by atoms with Crippen molar-refractivity contribution in [1.82, 2.24) is 0 Å². The molecule has 2 aliphatic carbocycles. The minimum Gasteiger partial charge on any atom is -0.481 e. The molecule has 5 nitrogen and oxygen atoms in total. The highest BCUT2D eigenvalue weighted by atomic mass is 16.4. The Morgan fingerprint density at radius 1 is 1.22 bits per heavy atom. The summed E-state index contributed by atoms with van der Waals surface area (Å²) in [6.07, 6.45) is 17.7. The fourth-order valence-electron chi connectivity index (χ4n) is 5.33. The molecule has 3 aliphatic rings. The number of nitrogens with zero attached hydrogens (tertiary/aromatic N) is 2. The normalized spacial score (nSPS) is 25.2. The van der Waals surface area contributed by atoms with Gasteiger partial charge in [-0.2, -0.15) is 0 Å². The Bertz CT molecular complexity index is 1260. The van der Waals surface area contributed by atoms with Crippen LogP contribution in [-0.4, -0.2) is 35.8 Å². The summed E-state index contributed by atoms with van der Waals surface area (Å²) >= 11 is 0. The number of carboxylic acids is 1. The van der Waals surface area contributed by atoms with Crippen LogP contribution in [0.3, 0.4) is 0 Å². The van der Waals surface area contributed by atoms with Gasteiger partial charge in [-0.3, -0.25) is 14.8 Å². The number of nitrogens with one attached hydrogen (secondary N) is 1. The van der Waals surface area contributed by atoms with Crippen LogP contribution in [0.4, 0.5) is 0 Å². The van der Waals surface area contributed by atoms with Crippen molar-refractivity contribution in [3.05, 3.63) is 106 Å². The van der Waals surface area contributed by atoms with Gasteiger partial charge in [0, 0.05) is 23.6 Å². The largest absolute Gasteiger partial charge is 0.481 e. The first kappa shape index (κ1) is 26.2. The van der Waals surface area contributed by atoms with E-state index in [9.17, 15) is 9.90 Å². The molecule has 1 aromatic carbocycles. The zero-order valence-corrected chi connectivity index (χ0v) is 21.5. The molecular weight excluding hydrogens is 458 g/mol. The molecule has 1 aromatic rings. The van der Waals surface area contributed by atoms with Gasteiger partial charge in [0.05, 0.1) is 24.7 Å². The molecule has 0 saturated heterocycles. The van der Waals surface area contributed by atoms with Crippen molar-refractivity contribution in [2.24, 2.45) is 21.8 Å². The molecule has 5 heteroatoms. The topological polar surface area (TPSA) is 85.9 Å². The molecule has 1 saturated carbocycles. The number of hydrogen-bond donors (Lipinski definition) is 2.